The lowest BCUT2D eigenvalue weighted by Gasteiger charge is -2.34. The molecule has 1 aliphatic heterocycles. The summed E-state index contributed by atoms with van der Waals surface area (Å²) in [6.45, 7) is 8.79. The predicted molar refractivity (Wildman–Crippen MR) is 126 cm³/mol. The van der Waals surface area contributed by atoms with E-state index in [9.17, 15) is 8.42 Å². The molecule has 2 aliphatic rings. The van der Waals surface area contributed by atoms with Crippen molar-refractivity contribution in [1.29, 1.82) is 0 Å². The molecule has 1 fully saturated rings. The van der Waals surface area contributed by atoms with Crippen molar-refractivity contribution in [2.75, 3.05) is 11.1 Å². The Morgan fingerprint density at radius 3 is 2.62 bits per heavy atom. The lowest BCUT2D eigenvalue weighted by atomic mass is 9.93. The van der Waals surface area contributed by atoms with Gasteiger partial charge in [0.2, 0.25) is 10.0 Å². The highest BCUT2D eigenvalue weighted by Gasteiger charge is 2.38. The van der Waals surface area contributed by atoms with Crippen LogP contribution in [-0.2, 0) is 15.6 Å². The first kappa shape index (κ1) is 22.8. The fraction of sp³-hybridized carbons (Fsp3) is 0.417. The molecule has 1 saturated carbocycles. The number of anilines is 1. The predicted octanol–water partition coefficient (Wildman–Crippen LogP) is 4.66. The number of aromatic nitrogens is 4. The lowest BCUT2D eigenvalue weighted by molar-refractivity contribution is 0.514. The normalized spacial score (nSPS) is 17.3. The molecule has 0 atom stereocenters. The molecule has 2 aromatic heterocycles. The van der Waals surface area contributed by atoms with Crippen molar-refractivity contribution < 1.29 is 17.2 Å². The molecule has 0 amide bonds. The number of aryl methyl sites for hydroxylation is 1. The van der Waals surface area contributed by atoms with E-state index in [0.717, 1.165) is 12.8 Å². The van der Waals surface area contributed by atoms with Crippen LogP contribution in [0.1, 0.15) is 62.1 Å². The van der Waals surface area contributed by atoms with Crippen LogP contribution in [0.15, 0.2) is 24.4 Å². The summed E-state index contributed by atoms with van der Waals surface area (Å²) in [5.74, 6) is -0.239. The fourth-order valence-electron chi connectivity index (χ4n) is 4.77. The Morgan fingerprint density at radius 1 is 1.26 bits per heavy atom. The summed E-state index contributed by atoms with van der Waals surface area (Å²) in [6.07, 6.45) is 4.89. The van der Waals surface area contributed by atoms with Gasteiger partial charge in [-0.05, 0) is 65.0 Å². The zero-order valence-corrected chi connectivity index (χ0v) is 20.6. The van der Waals surface area contributed by atoms with Gasteiger partial charge in [-0.25, -0.2) is 21.2 Å². The molecule has 0 saturated heterocycles. The van der Waals surface area contributed by atoms with Crippen LogP contribution in [0.2, 0.25) is 0 Å². The zero-order valence-electron chi connectivity index (χ0n) is 19.8. The number of benzene rings is 1. The van der Waals surface area contributed by atoms with Crippen molar-refractivity contribution in [2.45, 2.75) is 53.0 Å². The number of hydrogen-bond donors (Lipinski definition) is 1. The topological polar surface area (TPSA) is 81.8 Å². The van der Waals surface area contributed by atoms with Gasteiger partial charge in [-0.2, -0.15) is 0 Å². The maximum Gasteiger partial charge on any atom is 0.238 e. The highest BCUT2D eigenvalue weighted by atomic mass is 32.2. The summed E-state index contributed by atoms with van der Waals surface area (Å²) in [7, 11) is -3.55. The number of nitrogens with zero attached hydrogens (tertiary/aromatic N) is 4. The Bertz CT molecular complexity index is 1460. The number of rotatable bonds is 5. The Kier molecular flexibility index (Phi) is 5.02. The van der Waals surface area contributed by atoms with E-state index >= 15 is 8.78 Å². The Balaban J connectivity index is 1.67. The smallest absolute Gasteiger partial charge is 0.238 e. The minimum absolute atomic E-state index is 0.0752. The molecule has 1 N–H and O–H groups in total. The summed E-state index contributed by atoms with van der Waals surface area (Å²) in [6, 6.07) is 2.88. The molecule has 0 unspecified atom stereocenters. The van der Waals surface area contributed by atoms with Crippen LogP contribution in [0.5, 0.6) is 0 Å². The summed E-state index contributed by atoms with van der Waals surface area (Å²) >= 11 is 0. The molecule has 5 rings (SSSR count). The Labute approximate surface area is 197 Å². The third-order valence-corrected chi connectivity index (χ3v) is 8.52. The zero-order chi connectivity index (χ0) is 24.6. The average molecular weight is 488 g/mol. The molecule has 7 nitrogen and oxygen atoms in total. The first-order valence-corrected chi connectivity index (χ1v) is 12.9. The van der Waals surface area contributed by atoms with Crippen molar-refractivity contribution in [3.05, 3.63) is 64.5 Å². The summed E-state index contributed by atoms with van der Waals surface area (Å²) in [5.41, 5.74) is 0.717. The molecule has 0 bridgehead atoms. The van der Waals surface area contributed by atoms with Gasteiger partial charge < -0.3 is 5.32 Å². The van der Waals surface area contributed by atoms with Crippen LogP contribution in [0.4, 0.5) is 14.5 Å². The fourth-order valence-corrected chi connectivity index (χ4v) is 6.62. The van der Waals surface area contributed by atoms with Crippen LogP contribution >= 0.6 is 0 Å². The van der Waals surface area contributed by atoms with E-state index in [2.05, 4.69) is 15.5 Å². The van der Waals surface area contributed by atoms with Gasteiger partial charge in [0.05, 0.1) is 22.5 Å². The lowest BCUT2D eigenvalue weighted by Crippen LogP contribution is -2.36. The summed E-state index contributed by atoms with van der Waals surface area (Å²) in [4.78, 5) is 0. The number of halogens is 2. The number of nitrogens with one attached hydrogen (secondary N) is 1. The second kappa shape index (κ2) is 7.49. The van der Waals surface area contributed by atoms with Gasteiger partial charge in [0.25, 0.3) is 0 Å². The van der Waals surface area contributed by atoms with Crippen LogP contribution in [0.25, 0.3) is 11.3 Å². The second-order valence-corrected chi connectivity index (χ2v) is 11.5. The highest BCUT2D eigenvalue weighted by molar-refractivity contribution is 7.89. The maximum atomic E-state index is 16.2. The van der Waals surface area contributed by atoms with E-state index in [1.54, 1.807) is 37.5 Å². The largest absolute Gasteiger partial charge is 0.371 e. The van der Waals surface area contributed by atoms with E-state index in [0.29, 0.717) is 28.6 Å². The molecular weight excluding hydrogens is 460 g/mol. The van der Waals surface area contributed by atoms with Crippen LogP contribution in [-0.4, -0.2) is 32.9 Å². The van der Waals surface area contributed by atoms with Gasteiger partial charge >= 0.3 is 0 Å². The monoisotopic (exact) mass is 487 g/mol. The second-order valence-electron chi connectivity index (χ2n) is 9.63. The van der Waals surface area contributed by atoms with Crippen LogP contribution in [0.3, 0.4) is 0 Å². The molecular formula is C24H27F2N5O2S. The molecule has 3 aromatic rings. The molecule has 180 valence electrons. The molecule has 34 heavy (non-hydrogen) atoms. The van der Waals surface area contributed by atoms with Crippen LogP contribution < -0.4 is 5.32 Å². The van der Waals surface area contributed by atoms with E-state index in [4.69, 9.17) is 0 Å². The SMILES string of the molecule is C/C=C(\c1ccn(S(=O)(=O)CC2CC2)c1C)c1c(F)cc2c(c1F)-n1c(C)nnc1C(C)(C)N2. The van der Waals surface area contributed by atoms with Gasteiger partial charge in [0, 0.05) is 23.5 Å². The Hall–Kier alpha value is -3.01. The number of hydrogen-bond acceptors (Lipinski definition) is 5. The third-order valence-electron chi connectivity index (χ3n) is 6.64. The molecule has 3 heterocycles. The van der Waals surface area contributed by atoms with Gasteiger partial charge in [-0.3, -0.25) is 4.57 Å². The molecule has 0 spiro atoms. The van der Waals surface area contributed by atoms with Crippen molar-refractivity contribution in [3.63, 3.8) is 0 Å². The molecule has 0 radical (unpaired) electrons. The molecule has 10 heteroatoms. The van der Waals surface area contributed by atoms with Crippen molar-refractivity contribution in [3.8, 4) is 5.69 Å². The van der Waals surface area contributed by atoms with Gasteiger partial charge in [0.1, 0.15) is 17.3 Å². The van der Waals surface area contributed by atoms with Gasteiger partial charge in [-0.15, -0.1) is 10.2 Å². The first-order chi connectivity index (χ1) is 16.0. The number of allylic oxidation sites excluding steroid dienone is 1. The first-order valence-electron chi connectivity index (χ1n) is 11.3. The van der Waals surface area contributed by atoms with Crippen molar-refractivity contribution in [2.24, 2.45) is 5.92 Å². The summed E-state index contributed by atoms with van der Waals surface area (Å²) in [5, 5.41) is 11.5. The molecule has 1 aromatic carbocycles. The minimum atomic E-state index is -3.55. The van der Waals surface area contributed by atoms with E-state index in [1.807, 2.05) is 13.8 Å². The van der Waals surface area contributed by atoms with Crippen molar-refractivity contribution >= 4 is 21.3 Å². The Morgan fingerprint density at radius 2 is 1.97 bits per heavy atom. The van der Waals surface area contributed by atoms with Crippen LogP contribution in [0, 0.1) is 31.4 Å². The standard InChI is InChI=1S/C24H27F2N5O2S/c1-6-16(17-9-10-30(13(17)2)34(32,33)12-15-7-8-15)20-18(25)11-19-22(21(20)26)31-14(3)28-29-23(31)24(4,5)27-19/h6,9-11,15,27H,7-8,12H2,1-5H3/b16-6+. The van der Waals surface area contributed by atoms with E-state index in [1.165, 1.54) is 16.2 Å². The van der Waals surface area contributed by atoms with Gasteiger partial charge in [-0.1, -0.05) is 6.08 Å². The maximum absolute atomic E-state index is 16.2. The van der Waals surface area contributed by atoms with E-state index in [-0.39, 0.29) is 28.5 Å². The third kappa shape index (κ3) is 3.38. The molecule has 1 aliphatic carbocycles. The number of fused-ring (bicyclic) bond motifs is 3. The average Bonchev–Trinajstić information content (AvgIpc) is 3.32. The van der Waals surface area contributed by atoms with E-state index < -0.39 is 27.2 Å². The summed E-state index contributed by atoms with van der Waals surface area (Å²) < 4.78 is 60.2. The highest BCUT2D eigenvalue weighted by Crippen LogP contribution is 2.42. The van der Waals surface area contributed by atoms with Crippen molar-refractivity contribution in [1.82, 2.24) is 18.7 Å². The quantitative estimate of drug-likeness (QED) is 0.566. The minimum Gasteiger partial charge on any atom is -0.371 e. The van der Waals surface area contributed by atoms with Gasteiger partial charge in [0.15, 0.2) is 11.6 Å².